The van der Waals surface area contributed by atoms with Gasteiger partial charge >= 0.3 is 0 Å². The van der Waals surface area contributed by atoms with Crippen LogP contribution in [0.25, 0.3) is 0 Å². The molecule has 0 radical (unpaired) electrons. The third-order valence-corrected chi connectivity index (χ3v) is 2.88. The molecule has 1 aromatic carbocycles. The molecule has 3 nitrogen and oxygen atoms in total. The molecule has 1 aromatic rings. The molecule has 0 aliphatic rings. The van der Waals surface area contributed by atoms with E-state index in [9.17, 15) is 0 Å². The minimum atomic E-state index is 0.530. The van der Waals surface area contributed by atoms with Crippen LogP contribution >= 0.6 is 23.2 Å². The lowest BCUT2D eigenvalue weighted by atomic mass is 10.1. The third-order valence-electron chi connectivity index (χ3n) is 2.38. The van der Waals surface area contributed by atoms with E-state index in [-0.39, 0.29) is 0 Å². The lowest BCUT2D eigenvalue weighted by Gasteiger charge is -2.13. The molecule has 0 aliphatic carbocycles. The van der Waals surface area contributed by atoms with Crippen molar-refractivity contribution in [1.82, 2.24) is 0 Å². The first-order valence-electron chi connectivity index (χ1n) is 6.07. The molecule has 0 bridgehead atoms. The number of nitrogens with two attached hydrogens (primary N) is 1. The highest BCUT2D eigenvalue weighted by molar-refractivity contribution is 6.35. The first-order chi connectivity index (χ1) is 8.69. The molecule has 0 atom stereocenters. The van der Waals surface area contributed by atoms with E-state index in [4.69, 9.17) is 38.4 Å². The lowest BCUT2D eigenvalue weighted by molar-refractivity contribution is 0.130. The van der Waals surface area contributed by atoms with E-state index in [0.29, 0.717) is 42.0 Å². The minimum Gasteiger partial charge on any atom is -0.492 e. The van der Waals surface area contributed by atoms with Gasteiger partial charge in [0.15, 0.2) is 0 Å². The van der Waals surface area contributed by atoms with Crippen LogP contribution < -0.4 is 10.5 Å². The zero-order chi connectivity index (χ0) is 13.4. The molecule has 0 fully saturated rings. The van der Waals surface area contributed by atoms with Crippen LogP contribution in [0.3, 0.4) is 0 Å². The summed E-state index contributed by atoms with van der Waals surface area (Å²) in [5.41, 5.74) is 6.51. The number of benzene rings is 1. The van der Waals surface area contributed by atoms with Crippen molar-refractivity contribution in [2.24, 2.45) is 5.73 Å². The number of hydrogen-bond donors (Lipinski definition) is 1. The van der Waals surface area contributed by atoms with Crippen molar-refractivity contribution >= 4 is 23.2 Å². The van der Waals surface area contributed by atoms with Crippen molar-refractivity contribution in [3.8, 4) is 5.75 Å². The Morgan fingerprint density at radius 3 is 2.67 bits per heavy atom. The summed E-state index contributed by atoms with van der Waals surface area (Å²) >= 11 is 12.1. The fourth-order valence-corrected chi connectivity index (χ4v) is 2.19. The van der Waals surface area contributed by atoms with E-state index in [0.717, 1.165) is 18.6 Å². The second kappa shape index (κ2) is 8.59. The Bertz CT molecular complexity index is 372. The number of halogens is 2. The summed E-state index contributed by atoms with van der Waals surface area (Å²) in [4.78, 5) is 0. The standard InChI is InChI=1S/C13H19Cl2NO2/c1-2-17-6-3-7-18-13-10(4-5-16)8-11(14)9-12(13)15/h8-9H,2-7,16H2,1H3. The van der Waals surface area contributed by atoms with Gasteiger partial charge in [0, 0.05) is 24.7 Å². The van der Waals surface area contributed by atoms with E-state index < -0.39 is 0 Å². The Labute approximate surface area is 118 Å². The topological polar surface area (TPSA) is 44.5 Å². The van der Waals surface area contributed by atoms with Gasteiger partial charge in [-0.05, 0) is 37.6 Å². The molecule has 5 heteroatoms. The maximum Gasteiger partial charge on any atom is 0.141 e. The molecule has 0 unspecified atom stereocenters. The summed E-state index contributed by atoms with van der Waals surface area (Å²) in [5, 5.41) is 1.13. The molecule has 0 amide bonds. The zero-order valence-corrected chi connectivity index (χ0v) is 12.1. The first kappa shape index (κ1) is 15.6. The van der Waals surface area contributed by atoms with Gasteiger partial charge in [0.25, 0.3) is 0 Å². The molecule has 0 spiro atoms. The van der Waals surface area contributed by atoms with E-state index in [1.807, 2.05) is 13.0 Å². The normalized spacial score (nSPS) is 10.7. The third kappa shape index (κ3) is 5.02. The minimum absolute atomic E-state index is 0.530. The van der Waals surface area contributed by atoms with Gasteiger partial charge in [0.05, 0.1) is 11.6 Å². The van der Waals surface area contributed by atoms with Gasteiger partial charge in [-0.2, -0.15) is 0 Å². The maximum absolute atomic E-state index is 6.13. The predicted molar refractivity (Wildman–Crippen MR) is 75.8 cm³/mol. The summed E-state index contributed by atoms with van der Waals surface area (Å²) in [6.45, 7) is 4.48. The van der Waals surface area contributed by atoms with Crippen molar-refractivity contribution in [3.05, 3.63) is 27.7 Å². The van der Waals surface area contributed by atoms with Gasteiger partial charge < -0.3 is 15.2 Å². The van der Waals surface area contributed by atoms with Gasteiger partial charge in [-0.1, -0.05) is 23.2 Å². The first-order valence-corrected chi connectivity index (χ1v) is 6.83. The Hall–Kier alpha value is -0.480. The van der Waals surface area contributed by atoms with E-state index in [1.165, 1.54) is 0 Å². The van der Waals surface area contributed by atoms with Crippen molar-refractivity contribution in [2.75, 3.05) is 26.4 Å². The predicted octanol–water partition coefficient (Wildman–Crippen LogP) is 3.30. The number of ether oxygens (including phenoxy) is 2. The Kier molecular flexibility index (Phi) is 7.44. The van der Waals surface area contributed by atoms with Crippen LogP contribution in [0.4, 0.5) is 0 Å². The van der Waals surface area contributed by atoms with E-state index in [1.54, 1.807) is 6.07 Å². The second-order valence-electron chi connectivity index (χ2n) is 3.81. The van der Waals surface area contributed by atoms with E-state index >= 15 is 0 Å². The molecular weight excluding hydrogens is 273 g/mol. The molecule has 0 saturated carbocycles. The fourth-order valence-electron chi connectivity index (χ4n) is 1.60. The summed E-state index contributed by atoms with van der Waals surface area (Å²) in [6, 6.07) is 3.53. The second-order valence-corrected chi connectivity index (χ2v) is 4.66. The highest BCUT2D eigenvalue weighted by Crippen LogP contribution is 2.32. The lowest BCUT2D eigenvalue weighted by Crippen LogP contribution is -2.08. The van der Waals surface area contributed by atoms with Crippen molar-refractivity contribution in [1.29, 1.82) is 0 Å². The highest BCUT2D eigenvalue weighted by atomic mass is 35.5. The summed E-state index contributed by atoms with van der Waals surface area (Å²) in [7, 11) is 0. The molecule has 0 aliphatic heterocycles. The summed E-state index contributed by atoms with van der Waals surface area (Å²) in [6.07, 6.45) is 1.52. The molecule has 2 N–H and O–H groups in total. The number of rotatable bonds is 8. The summed E-state index contributed by atoms with van der Waals surface area (Å²) in [5.74, 6) is 0.683. The Morgan fingerprint density at radius 2 is 2.00 bits per heavy atom. The molecule has 0 saturated heterocycles. The molecule has 0 aromatic heterocycles. The smallest absolute Gasteiger partial charge is 0.141 e. The quantitative estimate of drug-likeness (QED) is 0.748. The highest BCUT2D eigenvalue weighted by Gasteiger charge is 2.10. The van der Waals surface area contributed by atoms with Crippen LogP contribution in [0.5, 0.6) is 5.75 Å². The van der Waals surface area contributed by atoms with Crippen LogP contribution in [-0.2, 0) is 11.2 Å². The van der Waals surface area contributed by atoms with E-state index in [2.05, 4.69) is 0 Å². The molecule has 0 heterocycles. The average molecular weight is 292 g/mol. The van der Waals surface area contributed by atoms with Crippen LogP contribution in [0, 0.1) is 0 Å². The number of hydrogen-bond acceptors (Lipinski definition) is 3. The molecule has 1 rings (SSSR count). The van der Waals surface area contributed by atoms with Crippen LogP contribution in [0.1, 0.15) is 18.9 Å². The Balaban J connectivity index is 2.62. The van der Waals surface area contributed by atoms with Crippen molar-refractivity contribution in [3.63, 3.8) is 0 Å². The Morgan fingerprint density at radius 1 is 1.22 bits per heavy atom. The van der Waals surface area contributed by atoms with Gasteiger partial charge in [0.2, 0.25) is 0 Å². The zero-order valence-electron chi connectivity index (χ0n) is 10.5. The van der Waals surface area contributed by atoms with Crippen LogP contribution in [0.2, 0.25) is 10.0 Å². The van der Waals surface area contributed by atoms with Crippen LogP contribution in [-0.4, -0.2) is 26.4 Å². The SMILES string of the molecule is CCOCCCOc1c(Cl)cc(Cl)cc1CCN. The fraction of sp³-hybridized carbons (Fsp3) is 0.538. The van der Waals surface area contributed by atoms with Crippen molar-refractivity contribution < 1.29 is 9.47 Å². The van der Waals surface area contributed by atoms with Gasteiger partial charge in [-0.15, -0.1) is 0 Å². The van der Waals surface area contributed by atoms with Gasteiger partial charge in [-0.3, -0.25) is 0 Å². The molecular formula is C13H19Cl2NO2. The summed E-state index contributed by atoms with van der Waals surface area (Å²) < 4.78 is 10.9. The van der Waals surface area contributed by atoms with Gasteiger partial charge in [0.1, 0.15) is 5.75 Å². The largest absolute Gasteiger partial charge is 0.492 e. The monoisotopic (exact) mass is 291 g/mol. The molecule has 18 heavy (non-hydrogen) atoms. The van der Waals surface area contributed by atoms with Crippen LogP contribution in [0.15, 0.2) is 12.1 Å². The average Bonchev–Trinajstić information content (AvgIpc) is 2.32. The van der Waals surface area contributed by atoms with Gasteiger partial charge in [-0.25, -0.2) is 0 Å². The molecule has 102 valence electrons. The maximum atomic E-state index is 6.13. The van der Waals surface area contributed by atoms with Crippen molar-refractivity contribution in [2.45, 2.75) is 19.8 Å².